The first-order valence-electron chi connectivity index (χ1n) is 8.17. The predicted molar refractivity (Wildman–Crippen MR) is 93.6 cm³/mol. The van der Waals surface area contributed by atoms with Gasteiger partial charge in [-0.25, -0.2) is 0 Å². The minimum atomic E-state index is -0.438. The van der Waals surface area contributed by atoms with Crippen LogP contribution in [0.2, 0.25) is 0 Å². The summed E-state index contributed by atoms with van der Waals surface area (Å²) >= 11 is 1.13. The molecule has 0 aromatic heterocycles. The van der Waals surface area contributed by atoms with Crippen molar-refractivity contribution in [2.24, 2.45) is 0 Å². The van der Waals surface area contributed by atoms with E-state index in [1.54, 1.807) is 0 Å². The van der Waals surface area contributed by atoms with Crippen molar-refractivity contribution in [3.8, 4) is 0 Å². The summed E-state index contributed by atoms with van der Waals surface area (Å²) in [5.41, 5.74) is 2.61. The molecular formula is C17H23N3O2S. The summed E-state index contributed by atoms with van der Waals surface area (Å²) in [6.45, 7) is 7.40. The van der Waals surface area contributed by atoms with Crippen LogP contribution in [0.4, 0.5) is 5.69 Å². The molecule has 2 aliphatic heterocycles. The molecule has 23 heavy (non-hydrogen) atoms. The Morgan fingerprint density at radius 2 is 2.00 bits per heavy atom. The summed E-state index contributed by atoms with van der Waals surface area (Å²) < 4.78 is 0. The highest BCUT2D eigenvalue weighted by atomic mass is 32.2. The normalized spacial score (nSPS) is 22.5. The van der Waals surface area contributed by atoms with Gasteiger partial charge in [0.2, 0.25) is 0 Å². The second-order valence-corrected chi connectivity index (χ2v) is 7.35. The summed E-state index contributed by atoms with van der Waals surface area (Å²) in [6.07, 6.45) is 1.87. The molecule has 124 valence electrons. The van der Waals surface area contributed by atoms with Crippen molar-refractivity contribution in [3.05, 3.63) is 29.8 Å². The van der Waals surface area contributed by atoms with Gasteiger partial charge in [-0.05, 0) is 44.0 Å². The molecule has 2 saturated heterocycles. The number of carbonyl (C=O) groups is 2. The fraction of sp³-hybridized carbons (Fsp3) is 0.529. The molecule has 6 heteroatoms. The quantitative estimate of drug-likeness (QED) is 0.830. The number of thioether (sulfide) groups is 1. The van der Waals surface area contributed by atoms with Crippen molar-refractivity contribution >= 4 is 28.5 Å². The molecule has 5 nitrogen and oxygen atoms in total. The second-order valence-electron chi connectivity index (χ2n) is 6.18. The minimum absolute atomic E-state index is 0.0245. The van der Waals surface area contributed by atoms with Gasteiger partial charge in [0.1, 0.15) is 0 Å². The monoisotopic (exact) mass is 333 g/mol. The zero-order valence-corrected chi connectivity index (χ0v) is 14.3. The fourth-order valence-corrected chi connectivity index (χ4v) is 3.98. The molecule has 1 N–H and O–H groups in total. The molecule has 2 heterocycles. The van der Waals surface area contributed by atoms with Gasteiger partial charge in [-0.15, -0.1) is 0 Å². The molecule has 1 unspecified atom stereocenters. The van der Waals surface area contributed by atoms with Gasteiger partial charge in [0.25, 0.3) is 11.0 Å². The number of nitrogens with one attached hydrogen (secondary N) is 1. The van der Waals surface area contributed by atoms with Gasteiger partial charge in [-0.1, -0.05) is 23.9 Å². The zero-order chi connectivity index (χ0) is 16.2. The van der Waals surface area contributed by atoms with E-state index in [0.717, 1.165) is 57.3 Å². The third-order valence-corrected chi connectivity index (χ3v) is 5.44. The Balaban J connectivity index is 1.38. The Morgan fingerprint density at radius 3 is 2.65 bits per heavy atom. The summed E-state index contributed by atoms with van der Waals surface area (Å²) in [6, 6.07) is 8.67. The van der Waals surface area contributed by atoms with Crippen molar-refractivity contribution in [1.29, 1.82) is 0 Å². The first-order valence-corrected chi connectivity index (χ1v) is 9.05. The maximum Gasteiger partial charge on any atom is 0.299 e. The molecule has 1 amide bonds. The summed E-state index contributed by atoms with van der Waals surface area (Å²) in [7, 11) is 0. The van der Waals surface area contributed by atoms with Gasteiger partial charge in [0.15, 0.2) is 0 Å². The van der Waals surface area contributed by atoms with Gasteiger partial charge < -0.3 is 10.2 Å². The van der Waals surface area contributed by atoms with E-state index in [1.807, 2.05) is 0 Å². The molecular weight excluding hydrogens is 310 g/mol. The SMILES string of the molecule is Cc1cccc(N2CCN(CCCC3NC(=O)C(=O)S3)CC2)c1. The lowest BCUT2D eigenvalue weighted by atomic mass is 10.2. The largest absolute Gasteiger partial charge is 0.369 e. The van der Waals surface area contributed by atoms with Gasteiger partial charge in [0.05, 0.1) is 5.37 Å². The number of aryl methyl sites for hydroxylation is 1. The first-order chi connectivity index (χ1) is 11.1. The van der Waals surface area contributed by atoms with Gasteiger partial charge in [-0.3, -0.25) is 14.5 Å². The molecule has 2 fully saturated rings. The number of anilines is 1. The number of amides is 1. The topological polar surface area (TPSA) is 52.6 Å². The Bertz CT molecular complexity index is 569. The lowest BCUT2D eigenvalue weighted by Gasteiger charge is -2.36. The Morgan fingerprint density at radius 1 is 1.22 bits per heavy atom. The van der Waals surface area contributed by atoms with Crippen molar-refractivity contribution < 1.29 is 9.59 Å². The standard InChI is InChI=1S/C17H23N3O2S/c1-13-4-2-5-14(12-13)20-10-8-19(9-11-20)7-3-6-15-18-16(21)17(22)23-15/h2,4-5,12,15H,3,6-11H2,1H3,(H,18,21). The highest BCUT2D eigenvalue weighted by molar-refractivity contribution is 8.16. The molecule has 0 aliphatic carbocycles. The zero-order valence-electron chi connectivity index (χ0n) is 13.5. The fourth-order valence-electron chi connectivity index (χ4n) is 3.10. The van der Waals surface area contributed by atoms with E-state index in [2.05, 4.69) is 46.3 Å². The van der Waals surface area contributed by atoms with Gasteiger partial charge in [-0.2, -0.15) is 0 Å². The van der Waals surface area contributed by atoms with E-state index < -0.39 is 5.91 Å². The molecule has 1 atom stereocenters. The van der Waals surface area contributed by atoms with Crippen molar-refractivity contribution in [1.82, 2.24) is 10.2 Å². The lowest BCUT2D eigenvalue weighted by Crippen LogP contribution is -2.46. The molecule has 0 bridgehead atoms. The number of rotatable bonds is 5. The summed E-state index contributed by atoms with van der Waals surface area (Å²) in [5.74, 6) is -0.438. The number of benzene rings is 1. The van der Waals surface area contributed by atoms with E-state index >= 15 is 0 Å². The van der Waals surface area contributed by atoms with Crippen LogP contribution in [-0.2, 0) is 9.59 Å². The summed E-state index contributed by atoms with van der Waals surface area (Å²) in [4.78, 5) is 27.2. The van der Waals surface area contributed by atoms with E-state index in [1.165, 1.54) is 11.3 Å². The molecule has 2 aliphatic rings. The molecule has 1 aromatic rings. The Hall–Kier alpha value is -1.53. The second kappa shape index (κ2) is 7.36. The van der Waals surface area contributed by atoms with Crippen molar-refractivity contribution in [2.45, 2.75) is 25.1 Å². The highest BCUT2D eigenvalue weighted by Gasteiger charge is 2.30. The third-order valence-electron chi connectivity index (χ3n) is 4.41. The van der Waals surface area contributed by atoms with Crippen LogP contribution in [0, 0.1) is 6.92 Å². The van der Waals surface area contributed by atoms with Crippen LogP contribution in [0.25, 0.3) is 0 Å². The summed E-state index contributed by atoms with van der Waals surface area (Å²) in [5, 5.41) is 2.35. The Kier molecular flexibility index (Phi) is 5.23. The maximum absolute atomic E-state index is 11.2. The molecule has 0 saturated carbocycles. The molecule has 0 radical (unpaired) electrons. The van der Waals surface area contributed by atoms with Gasteiger partial charge >= 0.3 is 0 Å². The Labute approximate surface area is 141 Å². The number of carbonyl (C=O) groups excluding carboxylic acids is 2. The smallest absolute Gasteiger partial charge is 0.299 e. The number of hydrogen-bond donors (Lipinski definition) is 1. The van der Waals surface area contributed by atoms with Crippen molar-refractivity contribution in [3.63, 3.8) is 0 Å². The lowest BCUT2D eigenvalue weighted by molar-refractivity contribution is -0.132. The average Bonchev–Trinajstić information content (AvgIpc) is 2.86. The minimum Gasteiger partial charge on any atom is -0.369 e. The van der Waals surface area contributed by atoms with Crippen LogP contribution in [0.1, 0.15) is 18.4 Å². The van der Waals surface area contributed by atoms with Crippen LogP contribution in [-0.4, -0.2) is 54.0 Å². The number of hydrogen-bond acceptors (Lipinski definition) is 5. The van der Waals surface area contributed by atoms with Crippen LogP contribution in [0.3, 0.4) is 0 Å². The van der Waals surface area contributed by atoms with Crippen LogP contribution in [0.5, 0.6) is 0 Å². The average molecular weight is 333 g/mol. The molecule has 0 spiro atoms. The first kappa shape index (κ1) is 16.3. The van der Waals surface area contributed by atoms with Crippen molar-refractivity contribution in [2.75, 3.05) is 37.6 Å². The van der Waals surface area contributed by atoms with Crippen LogP contribution < -0.4 is 10.2 Å². The van der Waals surface area contributed by atoms with E-state index in [-0.39, 0.29) is 10.5 Å². The molecule has 1 aromatic carbocycles. The maximum atomic E-state index is 11.2. The molecule has 3 rings (SSSR count). The van der Waals surface area contributed by atoms with Gasteiger partial charge in [0, 0.05) is 31.9 Å². The number of piperazine rings is 1. The highest BCUT2D eigenvalue weighted by Crippen LogP contribution is 2.22. The van der Waals surface area contributed by atoms with Crippen LogP contribution >= 0.6 is 11.8 Å². The van der Waals surface area contributed by atoms with E-state index in [4.69, 9.17) is 0 Å². The van der Waals surface area contributed by atoms with Crippen LogP contribution in [0.15, 0.2) is 24.3 Å². The predicted octanol–water partition coefficient (Wildman–Crippen LogP) is 1.61. The van der Waals surface area contributed by atoms with E-state index in [0.29, 0.717) is 0 Å². The number of nitrogens with zero attached hydrogens (tertiary/aromatic N) is 2. The third kappa shape index (κ3) is 4.26. The van der Waals surface area contributed by atoms with E-state index in [9.17, 15) is 9.59 Å².